The molecule has 0 aliphatic rings. The van der Waals surface area contributed by atoms with Crippen molar-refractivity contribution in [3.8, 4) is 0 Å². The third-order valence-corrected chi connectivity index (χ3v) is 0. The summed E-state index contributed by atoms with van der Waals surface area (Å²) in [4.78, 5) is 36.0. The van der Waals surface area contributed by atoms with Gasteiger partial charge < -0.3 is 26.6 Å². The van der Waals surface area contributed by atoms with E-state index in [2.05, 4.69) is 0 Å². The number of aliphatic carboxylic acids is 4. The molecule has 18 heavy (non-hydrogen) atoms. The van der Waals surface area contributed by atoms with Crippen LogP contribution in [-0.4, -0.2) is 44.3 Å². The van der Waals surface area contributed by atoms with E-state index in [0.29, 0.717) is 0 Å². The van der Waals surface area contributed by atoms with E-state index in [1.807, 2.05) is 0 Å². The van der Waals surface area contributed by atoms with Gasteiger partial charge in [-0.15, -0.1) is 0 Å². The molecule has 0 spiro atoms. The topological polar surface area (TPSA) is 183 Å². The number of carboxylic acids is 4. The largest absolute Gasteiger partial charge is 1.00 e. The molecule has 9 nitrogen and oxygen atoms in total. The zero-order valence-corrected chi connectivity index (χ0v) is 13.0. The minimum Gasteiger partial charge on any atom is -0.693 e. The fourth-order valence-corrected chi connectivity index (χ4v) is 0. The first-order valence-corrected chi connectivity index (χ1v) is 3.71. The van der Waals surface area contributed by atoms with E-state index in [1.54, 1.807) is 0 Å². The van der Waals surface area contributed by atoms with E-state index in [9.17, 15) is 0 Å². The van der Waals surface area contributed by atoms with E-state index in [0.717, 1.165) is 27.7 Å². The van der Waals surface area contributed by atoms with Gasteiger partial charge in [-0.1, -0.05) is 0 Å². The average molecular weight is 279 g/mol. The molecule has 0 heterocycles. The first kappa shape index (κ1) is 36.0. The Kier molecular flexibility index (Phi) is 59.3. The summed E-state index contributed by atoms with van der Waals surface area (Å²) in [6.45, 7) is 4.33. The van der Waals surface area contributed by atoms with Crippen LogP contribution in [0.25, 0.3) is 6.15 Å². The Labute approximate surface area is 127 Å². The van der Waals surface area contributed by atoms with Gasteiger partial charge >= 0.3 is 29.6 Å². The molecular formula is C8H18NNaO8. The molecule has 0 aliphatic heterocycles. The van der Waals surface area contributed by atoms with Gasteiger partial charge in [-0.2, -0.15) is 0 Å². The van der Waals surface area contributed by atoms with Crippen LogP contribution in [0.15, 0.2) is 0 Å². The maximum absolute atomic E-state index is 9.00. The summed E-state index contributed by atoms with van der Waals surface area (Å²) in [5.74, 6) is -3.33. The second kappa shape index (κ2) is 29.7. The van der Waals surface area contributed by atoms with Crippen LogP contribution in [0, 0.1) is 0 Å². The van der Waals surface area contributed by atoms with Crippen molar-refractivity contribution in [2.45, 2.75) is 27.7 Å². The number of nitrogens with two attached hydrogens (primary N) is 1. The van der Waals surface area contributed by atoms with Crippen LogP contribution in [0.2, 0.25) is 0 Å². The van der Waals surface area contributed by atoms with Crippen LogP contribution in [0.3, 0.4) is 0 Å². The summed E-state index contributed by atoms with van der Waals surface area (Å²) in [6.07, 6.45) is 0. The Morgan fingerprint density at radius 2 is 0.556 bits per heavy atom. The van der Waals surface area contributed by atoms with E-state index < -0.39 is 23.9 Å². The zero-order chi connectivity index (χ0) is 14.3. The minimum atomic E-state index is -0.833. The van der Waals surface area contributed by atoms with Gasteiger partial charge in [0.25, 0.3) is 23.9 Å². The zero-order valence-electron chi connectivity index (χ0n) is 11.0. The fraction of sp³-hybridized carbons (Fsp3) is 0.500. The Morgan fingerprint density at radius 1 is 0.556 bits per heavy atom. The molecule has 0 aromatic carbocycles. The normalized spacial score (nSPS) is 5.56. The summed E-state index contributed by atoms with van der Waals surface area (Å²) in [6, 6.07) is 0. The molecule has 0 atom stereocenters. The first-order chi connectivity index (χ1) is 6.93. The minimum absolute atomic E-state index is 0. The quantitative estimate of drug-likeness (QED) is 0.370. The molecule has 10 heteroatoms. The Bertz CT molecular complexity index is 167. The molecule has 0 aliphatic carbocycles. The Morgan fingerprint density at radius 3 is 0.556 bits per heavy atom. The molecule has 0 fully saturated rings. The van der Waals surface area contributed by atoms with Crippen molar-refractivity contribution in [2.24, 2.45) is 0 Å². The number of hydrogen-bond donors (Lipinski definition) is 4. The molecule has 0 saturated carbocycles. The van der Waals surface area contributed by atoms with Crippen molar-refractivity contribution >= 4 is 23.9 Å². The summed E-state index contributed by atoms with van der Waals surface area (Å²) in [5, 5.41) is 29.7. The van der Waals surface area contributed by atoms with Crippen LogP contribution < -0.4 is 29.6 Å². The van der Waals surface area contributed by atoms with Crippen molar-refractivity contribution in [1.82, 2.24) is 0 Å². The summed E-state index contributed by atoms with van der Waals surface area (Å²) in [5.41, 5.74) is 0. The van der Waals surface area contributed by atoms with Crippen LogP contribution >= 0.6 is 0 Å². The molecule has 0 aromatic heterocycles. The van der Waals surface area contributed by atoms with Gasteiger partial charge in [0.05, 0.1) is 0 Å². The summed E-state index contributed by atoms with van der Waals surface area (Å²) >= 11 is 0. The Balaban J connectivity index is -0.0000000257. The number of carboxylic acid groups (broad SMARTS) is 4. The maximum atomic E-state index is 9.00. The predicted molar refractivity (Wildman–Crippen MR) is 58.5 cm³/mol. The number of rotatable bonds is 0. The molecular weight excluding hydrogens is 261 g/mol. The Hall–Kier alpha value is -1.16. The number of hydrogen-bond acceptors (Lipinski definition) is 4. The first-order valence-electron chi connectivity index (χ1n) is 3.71. The molecule has 0 bridgehead atoms. The molecule has 0 unspecified atom stereocenters. The molecule has 6 N–H and O–H groups in total. The molecule has 0 aromatic rings. The summed E-state index contributed by atoms with van der Waals surface area (Å²) in [7, 11) is 0. The van der Waals surface area contributed by atoms with Gasteiger partial charge in [0.15, 0.2) is 0 Å². The van der Waals surface area contributed by atoms with Crippen molar-refractivity contribution in [3.63, 3.8) is 0 Å². The molecule has 104 valence electrons. The average Bonchev–Trinajstić information content (AvgIpc) is 1.76. The van der Waals surface area contributed by atoms with Gasteiger partial charge in [-0.25, -0.2) is 0 Å². The standard InChI is InChI=1S/4C2H4O2.H2N.Na/c4*1-2(3)4;;/h4*1H3,(H,3,4);1H2;/q;;;;-1;+1. The van der Waals surface area contributed by atoms with Crippen molar-refractivity contribution in [2.75, 3.05) is 0 Å². The maximum Gasteiger partial charge on any atom is 1.00 e. The van der Waals surface area contributed by atoms with E-state index >= 15 is 0 Å². The summed E-state index contributed by atoms with van der Waals surface area (Å²) < 4.78 is 0. The van der Waals surface area contributed by atoms with Crippen LogP contribution in [0.4, 0.5) is 0 Å². The fourth-order valence-electron chi connectivity index (χ4n) is 0. The molecule has 0 rings (SSSR count). The SMILES string of the molecule is CC(=O)O.CC(=O)O.CC(=O)O.CC(=O)O.[NH2-].[Na+]. The predicted octanol–water partition coefficient (Wildman–Crippen LogP) is -1.92. The molecule has 0 amide bonds. The van der Waals surface area contributed by atoms with E-state index in [-0.39, 0.29) is 35.7 Å². The van der Waals surface area contributed by atoms with Gasteiger partial charge in [0.1, 0.15) is 0 Å². The van der Waals surface area contributed by atoms with Crippen molar-refractivity contribution < 1.29 is 69.2 Å². The van der Waals surface area contributed by atoms with Crippen LogP contribution in [-0.2, 0) is 19.2 Å². The van der Waals surface area contributed by atoms with E-state index in [4.69, 9.17) is 39.6 Å². The van der Waals surface area contributed by atoms with Gasteiger partial charge in [-0.3, -0.25) is 19.2 Å². The van der Waals surface area contributed by atoms with E-state index in [1.165, 1.54) is 0 Å². The van der Waals surface area contributed by atoms with Crippen molar-refractivity contribution in [3.05, 3.63) is 6.15 Å². The second-order valence-corrected chi connectivity index (χ2v) is 2.08. The molecule has 0 radical (unpaired) electrons. The van der Waals surface area contributed by atoms with Crippen LogP contribution in [0.5, 0.6) is 0 Å². The van der Waals surface area contributed by atoms with Crippen LogP contribution in [0.1, 0.15) is 27.7 Å². The third-order valence-electron chi connectivity index (χ3n) is 0. The van der Waals surface area contributed by atoms with Crippen molar-refractivity contribution in [1.29, 1.82) is 0 Å². The second-order valence-electron chi connectivity index (χ2n) is 2.08. The third kappa shape index (κ3) is 2110. The number of carbonyl (C=O) groups is 4. The smallest absolute Gasteiger partial charge is 0.693 e. The van der Waals surface area contributed by atoms with Gasteiger partial charge in [-0.05, 0) is 0 Å². The van der Waals surface area contributed by atoms with Gasteiger partial charge in [0, 0.05) is 27.7 Å². The monoisotopic (exact) mass is 279 g/mol. The molecule has 0 saturated heterocycles. The van der Waals surface area contributed by atoms with Gasteiger partial charge in [0.2, 0.25) is 0 Å².